The van der Waals surface area contributed by atoms with Crippen LogP contribution in [0.3, 0.4) is 0 Å². The van der Waals surface area contributed by atoms with Crippen LogP contribution in [0.25, 0.3) is 22.5 Å². The van der Waals surface area contributed by atoms with Gasteiger partial charge in [0.2, 0.25) is 18.8 Å². The van der Waals surface area contributed by atoms with Gasteiger partial charge in [-0.1, -0.05) is 83.4 Å². The van der Waals surface area contributed by atoms with Gasteiger partial charge >= 0.3 is 0 Å². The van der Waals surface area contributed by atoms with Crippen LogP contribution in [-0.2, 0) is 27.2 Å². The lowest BCUT2D eigenvalue weighted by Crippen LogP contribution is -2.34. The second-order valence-corrected chi connectivity index (χ2v) is 11.9. The number of nitrogens with zero attached hydrogens (tertiary/aromatic N) is 6. The van der Waals surface area contributed by atoms with E-state index < -0.39 is 0 Å². The smallest absolute Gasteiger partial charge is 0.131 e. The maximum Gasteiger partial charge on any atom is 0.235 e. The quantitative estimate of drug-likeness (QED) is 0.0911. The van der Waals surface area contributed by atoms with Crippen LogP contribution in [0, 0.1) is 7.40 Å². The highest BCUT2D eigenvalue weighted by Crippen LogP contribution is 2.28. The van der Waals surface area contributed by atoms with Gasteiger partial charge in [-0.15, -0.1) is 18.7 Å². The lowest BCUT2D eigenvalue weighted by molar-refractivity contribution is -0.722. The summed E-state index contributed by atoms with van der Waals surface area (Å²) in [7, 11) is 4.12. The summed E-state index contributed by atoms with van der Waals surface area (Å²) in [5.41, 5.74) is 4.77. The second-order valence-electron chi connectivity index (χ2n) is 9.87. The molecule has 3 aromatic rings. The summed E-state index contributed by atoms with van der Waals surface area (Å²) in [6.45, 7) is 6.50. The molecule has 0 radical (unpaired) electrons. The maximum absolute atomic E-state index is 4.83. The van der Waals surface area contributed by atoms with Gasteiger partial charge in [0.15, 0.2) is 0 Å². The summed E-state index contributed by atoms with van der Waals surface area (Å²) in [6.07, 6.45) is 15.6. The molecule has 0 aliphatic rings. The first-order valence-corrected chi connectivity index (χ1v) is 16.0. The Morgan fingerprint density at radius 1 is 0.639 bits per heavy atom. The molecular formula is C28H44I2N6+2. The molecule has 198 valence electrons. The van der Waals surface area contributed by atoms with E-state index in [2.05, 4.69) is 107 Å². The van der Waals surface area contributed by atoms with Gasteiger partial charge in [-0.2, -0.15) is 0 Å². The van der Waals surface area contributed by atoms with Crippen molar-refractivity contribution >= 4 is 45.2 Å². The van der Waals surface area contributed by atoms with Gasteiger partial charge in [-0.05, 0) is 31.7 Å². The highest BCUT2D eigenvalue weighted by Gasteiger charge is 2.26. The van der Waals surface area contributed by atoms with E-state index in [1.54, 1.807) is 0 Å². The predicted molar refractivity (Wildman–Crippen MR) is 163 cm³/mol. The van der Waals surface area contributed by atoms with Gasteiger partial charge in [0.25, 0.3) is 0 Å². The van der Waals surface area contributed by atoms with Gasteiger partial charge in [0.05, 0.1) is 10.4 Å². The van der Waals surface area contributed by atoms with E-state index in [-0.39, 0.29) is 0 Å². The number of aromatic nitrogens is 6. The number of hydrogen-bond donors (Lipinski definition) is 0. The van der Waals surface area contributed by atoms with Gasteiger partial charge < -0.3 is 0 Å². The third kappa shape index (κ3) is 7.98. The van der Waals surface area contributed by atoms with Crippen LogP contribution in [0.2, 0.25) is 0 Å². The summed E-state index contributed by atoms with van der Waals surface area (Å²) in [4.78, 5) is 0. The zero-order valence-electron chi connectivity index (χ0n) is 22.6. The first-order valence-electron chi connectivity index (χ1n) is 13.8. The molecule has 0 atom stereocenters. The molecule has 2 heterocycles. The van der Waals surface area contributed by atoms with Crippen molar-refractivity contribution in [2.24, 2.45) is 14.1 Å². The molecule has 0 saturated carbocycles. The molecule has 0 N–H and O–H groups in total. The molecule has 0 aliphatic heterocycles. The monoisotopic (exact) mass is 718 g/mol. The molecule has 8 heteroatoms. The second kappa shape index (κ2) is 15.4. The third-order valence-corrected chi connectivity index (χ3v) is 8.97. The third-order valence-electron chi connectivity index (χ3n) is 6.83. The molecule has 36 heavy (non-hydrogen) atoms. The molecular weight excluding hydrogens is 674 g/mol. The normalized spacial score (nSPS) is 11.5. The number of rotatable bonds is 16. The van der Waals surface area contributed by atoms with Gasteiger partial charge in [0, 0.05) is 56.3 Å². The molecule has 0 saturated heterocycles. The van der Waals surface area contributed by atoms with Crippen molar-refractivity contribution in [2.45, 2.75) is 104 Å². The summed E-state index contributed by atoms with van der Waals surface area (Å²) >= 11 is 4.93. The highest BCUT2D eigenvalue weighted by molar-refractivity contribution is 14.1. The number of halogens is 2. The van der Waals surface area contributed by atoms with E-state index in [4.69, 9.17) is 10.4 Å². The lowest BCUT2D eigenvalue weighted by atomic mass is 10.1. The van der Waals surface area contributed by atoms with Crippen molar-refractivity contribution < 1.29 is 9.36 Å². The average Bonchev–Trinajstić information content (AvgIpc) is 3.31. The van der Waals surface area contributed by atoms with Crippen LogP contribution in [0.15, 0.2) is 24.3 Å². The highest BCUT2D eigenvalue weighted by atomic mass is 127. The molecule has 0 spiro atoms. The standard InChI is InChI=1S/C28H44I2N6/c1-5-7-9-11-13-15-20-35-27(29)25(33(3)31-35)23-18-17-19-24(22-23)26-28(30)36(32-34(26)4)21-16-14-12-10-8-6-2/h17-19,22H,5-16,20-21H2,1-4H3/q+2. The van der Waals surface area contributed by atoms with Crippen molar-refractivity contribution in [1.82, 2.24) is 19.8 Å². The van der Waals surface area contributed by atoms with Crippen LogP contribution in [0.1, 0.15) is 90.9 Å². The molecule has 2 aromatic heterocycles. The largest absolute Gasteiger partial charge is 0.235 e. The van der Waals surface area contributed by atoms with E-state index in [1.807, 2.05) is 9.36 Å². The SMILES string of the molecule is CCCCCCCCn1n[n+](C)c(-c2cccc(-c3c(I)n(CCCCCCCC)n[n+]3C)c2)c1I. The van der Waals surface area contributed by atoms with Gasteiger partial charge in [-0.3, -0.25) is 0 Å². The Morgan fingerprint density at radius 2 is 1.03 bits per heavy atom. The van der Waals surface area contributed by atoms with Crippen molar-refractivity contribution in [3.05, 3.63) is 31.7 Å². The molecule has 0 fully saturated rings. The fraction of sp³-hybridized carbons (Fsp3) is 0.643. The molecule has 0 amide bonds. The van der Waals surface area contributed by atoms with Crippen LogP contribution in [0.5, 0.6) is 0 Å². The Bertz CT molecular complexity index is 1010. The van der Waals surface area contributed by atoms with Crippen molar-refractivity contribution in [3.63, 3.8) is 0 Å². The lowest BCUT2D eigenvalue weighted by Gasteiger charge is -2.02. The maximum atomic E-state index is 4.83. The summed E-state index contributed by atoms with van der Waals surface area (Å²) in [5, 5.41) is 9.65. The average molecular weight is 719 g/mol. The number of hydrogen-bond acceptors (Lipinski definition) is 2. The van der Waals surface area contributed by atoms with E-state index in [0.717, 1.165) is 13.1 Å². The van der Waals surface area contributed by atoms with Crippen molar-refractivity contribution in [3.8, 4) is 22.5 Å². The van der Waals surface area contributed by atoms with E-state index >= 15 is 0 Å². The summed E-state index contributed by atoms with van der Waals surface area (Å²) < 4.78 is 10.8. The van der Waals surface area contributed by atoms with Crippen molar-refractivity contribution in [2.75, 3.05) is 0 Å². The number of aryl methyl sites for hydroxylation is 4. The summed E-state index contributed by atoms with van der Waals surface area (Å²) in [6, 6.07) is 8.85. The van der Waals surface area contributed by atoms with Crippen LogP contribution in [-0.4, -0.2) is 19.8 Å². The van der Waals surface area contributed by atoms with E-state index in [9.17, 15) is 0 Å². The van der Waals surface area contributed by atoms with E-state index in [1.165, 1.54) is 107 Å². The molecule has 0 aliphatic carbocycles. The molecule has 0 bridgehead atoms. The van der Waals surface area contributed by atoms with Crippen LogP contribution < -0.4 is 9.36 Å². The minimum absolute atomic E-state index is 0.982. The first-order chi connectivity index (χ1) is 17.5. The van der Waals surface area contributed by atoms with Gasteiger partial charge in [-0.25, -0.2) is 0 Å². The van der Waals surface area contributed by atoms with Gasteiger partial charge in [0.1, 0.15) is 27.2 Å². The topological polar surface area (TPSA) is 43.4 Å². The van der Waals surface area contributed by atoms with Crippen LogP contribution >= 0.6 is 45.2 Å². The number of unbranched alkanes of at least 4 members (excludes halogenated alkanes) is 10. The zero-order chi connectivity index (χ0) is 25.9. The predicted octanol–water partition coefficient (Wildman–Crippen LogP) is 6.99. The fourth-order valence-electron chi connectivity index (χ4n) is 4.80. The van der Waals surface area contributed by atoms with E-state index in [0.29, 0.717) is 0 Å². The Hall–Kier alpha value is -1.04. The minimum Gasteiger partial charge on any atom is -0.131 e. The fourth-order valence-corrected chi connectivity index (χ4v) is 6.80. The first kappa shape index (κ1) is 29.5. The Morgan fingerprint density at radius 3 is 1.44 bits per heavy atom. The zero-order valence-corrected chi connectivity index (χ0v) is 27.0. The summed E-state index contributed by atoms with van der Waals surface area (Å²) in [5.74, 6) is 0. The van der Waals surface area contributed by atoms with Crippen molar-refractivity contribution in [1.29, 1.82) is 0 Å². The minimum atomic E-state index is 0.982. The number of benzene rings is 1. The Labute approximate surface area is 245 Å². The molecule has 6 nitrogen and oxygen atoms in total. The molecule has 0 unspecified atom stereocenters. The molecule has 3 rings (SSSR count). The molecule has 1 aromatic carbocycles. The Balaban J connectivity index is 1.71. The Kier molecular flexibility index (Phi) is 12.6. The van der Waals surface area contributed by atoms with Crippen LogP contribution in [0.4, 0.5) is 0 Å².